The zero-order valence-corrected chi connectivity index (χ0v) is 12.2. The molecule has 1 atom stereocenters. The van der Waals surface area contributed by atoms with Crippen molar-refractivity contribution in [1.29, 1.82) is 0 Å². The van der Waals surface area contributed by atoms with Crippen LogP contribution in [-0.2, 0) is 0 Å². The van der Waals surface area contributed by atoms with E-state index in [1.54, 1.807) is 13.1 Å². The molecule has 1 aromatic rings. The van der Waals surface area contributed by atoms with Gasteiger partial charge in [0.2, 0.25) is 0 Å². The molecule has 0 aromatic carbocycles. The highest BCUT2D eigenvalue weighted by Gasteiger charge is 2.18. The molecule has 0 aliphatic carbocycles. The standard InChI is InChI=1S/C15H25N3O/c1-12(2)11-17-6-8-18(9-7-17)15-10-14(13(3)19)4-5-16-15/h4-5,10,12-13,19H,6-9,11H2,1-3H3/t13-/m1/s1. The van der Waals surface area contributed by atoms with Crippen LogP contribution in [-0.4, -0.2) is 47.7 Å². The molecule has 0 amide bonds. The summed E-state index contributed by atoms with van der Waals surface area (Å²) in [6, 6.07) is 3.88. The number of hydrogen-bond donors (Lipinski definition) is 1. The summed E-state index contributed by atoms with van der Waals surface area (Å²) >= 11 is 0. The Morgan fingerprint density at radius 2 is 1.89 bits per heavy atom. The average Bonchev–Trinajstić information content (AvgIpc) is 2.39. The van der Waals surface area contributed by atoms with Crippen LogP contribution >= 0.6 is 0 Å². The van der Waals surface area contributed by atoms with Crippen LogP contribution in [0, 0.1) is 5.92 Å². The molecule has 19 heavy (non-hydrogen) atoms. The van der Waals surface area contributed by atoms with E-state index in [-0.39, 0.29) is 0 Å². The van der Waals surface area contributed by atoms with Crippen LogP contribution in [0.1, 0.15) is 32.4 Å². The second kappa shape index (κ2) is 6.35. The number of anilines is 1. The highest BCUT2D eigenvalue weighted by atomic mass is 16.3. The van der Waals surface area contributed by atoms with Crippen molar-refractivity contribution in [2.24, 2.45) is 5.92 Å². The summed E-state index contributed by atoms with van der Waals surface area (Å²) < 4.78 is 0. The fourth-order valence-corrected chi connectivity index (χ4v) is 2.54. The van der Waals surface area contributed by atoms with Gasteiger partial charge < -0.3 is 10.0 Å². The lowest BCUT2D eigenvalue weighted by atomic mass is 10.1. The summed E-state index contributed by atoms with van der Waals surface area (Å²) in [5.74, 6) is 1.71. The van der Waals surface area contributed by atoms with Gasteiger partial charge in [0.25, 0.3) is 0 Å². The molecule has 0 unspecified atom stereocenters. The van der Waals surface area contributed by atoms with Gasteiger partial charge in [-0.3, -0.25) is 4.90 Å². The molecule has 1 aliphatic rings. The zero-order chi connectivity index (χ0) is 13.8. The zero-order valence-electron chi connectivity index (χ0n) is 12.2. The minimum Gasteiger partial charge on any atom is -0.389 e. The van der Waals surface area contributed by atoms with Crippen LogP contribution in [0.4, 0.5) is 5.82 Å². The molecule has 1 aliphatic heterocycles. The van der Waals surface area contributed by atoms with E-state index in [4.69, 9.17) is 0 Å². The number of pyridine rings is 1. The van der Waals surface area contributed by atoms with Crippen LogP contribution in [0.3, 0.4) is 0 Å². The van der Waals surface area contributed by atoms with Crippen molar-refractivity contribution in [2.75, 3.05) is 37.6 Å². The van der Waals surface area contributed by atoms with Crippen molar-refractivity contribution in [3.05, 3.63) is 23.9 Å². The predicted molar refractivity (Wildman–Crippen MR) is 78.4 cm³/mol. The number of aliphatic hydroxyl groups excluding tert-OH is 1. The maximum atomic E-state index is 9.63. The van der Waals surface area contributed by atoms with Crippen LogP contribution in [0.5, 0.6) is 0 Å². The van der Waals surface area contributed by atoms with E-state index >= 15 is 0 Å². The average molecular weight is 263 g/mol. The Bertz CT molecular complexity index is 398. The van der Waals surface area contributed by atoms with Gasteiger partial charge in [-0.25, -0.2) is 4.98 Å². The van der Waals surface area contributed by atoms with Crippen LogP contribution in [0.2, 0.25) is 0 Å². The van der Waals surface area contributed by atoms with Crippen molar-refractivity contribution < 1.29 is 5.11 Å². The van der Waals surface area contributed by atoms with E-state index in [0.717, 1.165) is 43.5 Å². The van der Waals surface area contributed by atoms with E-state index in [0.29, 0.717) is 0 Å². The molecule has 0 radical (unpaired) electrons. The Morgan fingerprint density at radius 1 is 1.21 bits per heavy atom. The Kier molecular flexibility index (Phi) is 4.77. The van der Waals surface area contributed by atoms with E-state index in [9.17, 15) is 5.11 Å². The smallest absolute Gasteiger partial charge is 0.128 e. The second-order valence-corrected chi connectivity index (χ2v) is 5.80. The van der Waals surface area contributed by atoms with E-state index < -0.39 is 6.10 Å². The van der Waals surface area contributed by atoms with Gasteiger partial charge in [-0.2, -0.15) is 0 Å². The quantitative estimate of drug-likeness (QED) is 0.901. The second-order valence-electron chi connectivity index (χ2n) is 5.80. The summed E-state index contributed by atoms with van der Waals surface area (Å²) in [4.78, 5) is 9.25. The summed E-state index contributed by atoms with van der Waals surface area (Å²) in [5, 5.41) is 9.63. The van der Waals surface area contributed by atoms with Crippen molar-refractivity contribution in [2.45, 2.75) is 26.9 Å². The third kappa shape index (κ3) is 3.91. The first kappa shape index (κ1) is 14.3. The van der Waals surface area contributed by atoms with Crippen molar-refractivity contribution in [3.63, 3.8) is 0 Å². The van der Waals surface area contributed by atoms with Crippen LogP contribution in [0.15, 0.2) is 18.3 Å². The number of nitrogens with zero attached hydrogens (tertiary/aromatic N) is 3. The van der Waals surface area contributed by atoms with Gasteiger partial charge in [0.1, 0.15) is 5.82 Å². The van der Waals surface area contributed by atoms with Gasteiger partial charge in [0.15, 0.2) is 0 Å². The molecule has 106 valence electrons. The summed E-state index contributed by atoms with van der Waals surface area (Å²) in [6.45, 7) is 11.7. The Morgan fingerprint density at radius 3 is 2.47 bits per heavy atom. The SMILES string of the molecule is CC(C)CN1CCN(c2cc([C@@H](C)O)ccn2)CC1. The fourth-order valence-electron chi connectivity index (χ4n) is 2.54. The predicted octanol–water partition coefficient (Wildman–Crippen LogP) is 1.91. The molecular formula is C15H25N3O. The van der Waals surface area contributed by atoms with E-state index in [1.165, 1.54) is 6.54 Å². The van der Waals surface area contributed by atoms with E-state index in [2.05, 4.69) is 28.6 Å². The molecule has 1 saturated heterocycles. The lowest BCUT2D eigenvalue weighted by molar-refractivity contribution is 0.199. The molecular weight excluding hydrogens is 238 g/mol. The van der Waals surface area contributed by atoms with Gasteiger partial charge in [-0.05, 0) is 30.5 Å². The number of hydrogen-bond acceptors (Lipinski definition) is 4. The van der Waals surface area contributed by atoms with Gasteiger partial charge >= 0.3 is 0 Å². The minimum absolute atomic E-state index is 0.427. The largest absolute Gasteiger partial charge is 0.389 e. The maximum absolute atomic E-state index is 9.63. The third-order valence-corrected chi connectivity index (χ3v) is 3.57. The first-order valence-corrected chi connectivity index (χ1v) is 7.17. The molecule has 0 bridgehead atoms. The number of rotatable bonds is 4. The van der Waals surface area contributed by atoms with Crippen molar-refractivity contribution >= 4 is 5.82 Å². The van der Waals surface area contributed by atoms with Gasteiger partial charge in [0, 0.05) is 38.9 Å². The van der Waals surface area contributed by atoms with Gasteiger partial charge in [0.05, 0.1) is 6.10 Å². The maximum Gasteiger partial charge on any atom is 0.128 e. The van der Waals surface area contributed by atoms with Crippen LogP contribution in [0.25, 0.3) is 0 Å². The van der Waals surface area contributed by atoms with Crippen LogP contribution < -0.4 is 4.90 Å². The molecule has 0 spiro atoms. The molecule has 1 N–H and O–H groups in total. The molecule has 2 rings (SSSR count). The molecule has 1 aromatic heterocycles. The monoisotopic (exact) mass is 263 g/mol. The summed E-state index contributed by atoms with van der Waals surface area (Å²) in [5.41, 5.74) is 0.939. The summed E-state index contributed by atoms with van der Waals surface area (Å²) in [6.07, 6.45) is 1.36. The van der Waals surface area contributed by atoms with Gasteiger partial charge in [-0.1, -0.05) is 13.8 Å². The Labute approximate surface area is 116 Å². The lowest BCUT2D eigenvalue weighted by Gasteiger charge is -2.36. The summed E-state index contributed by atoms with van der Waals surface area (Å²) in [7, 11) is 0. The fraction of sp³-hybridized carbons (Fsp3) is 0.667. The lowest BCUT2D eigenvalue weighted by Crippen LogP contribution is -2.47. The molecule has 1 fully saturated rings. The van der Waals surface area contributed by atoms with Gasteiger partial charge in [-0.15, -0.1) is 0 Å². The van der Waals surface area contributed by atoms with Crippen molar-refractivity contribution in [3.8, 4) is 0 Å². The number of piperazine rings is 1. The topological polar surface area (TPSA) is 39.6 Å². The molecule has 2 heterocycles. The van der Waals surface area contributed by atoms with Crippen molar-refractivity contribution in [1.82, 2.24) is 9.88 Å². The highest BCUT2D eigenvalue weighted by molar-refractivity contribution is 5.42. The third-order valence-electron chi connectivity index (χ3n) is 3.57. The minimum atomic E-state index is -0.427. The Balaban J connectivity index is 1.96. The first-order valence-electron chi connectivity index (χ1n) is 7.17. The molecule has 4 heteroatoms. The Hall–Kier alpha value is -1.13. The van der Waals surface area contributed by atoms with E-state index in [1.807, 2.05) is 12.1 Å². The number of aromatic nitrogens is 1. The highest BCUT2D eigenvalue weighted by Crippen LogP contribution is 2.19. The first-order chi connectivity index (χ1) is 9.06. The number of aliphatic hydroxyl groups is 1. The normalized spacial score (nSPS) is 18.9. The molecule has 0 saturated carbocycles. The molecule has 4 nitrogen and oxygen atoms in total.